The van der Waals surface area contributed by atoms with E-state index >= 15 is 0 Å². The van der Waals surface area contributed by atoms with E-state index in [1.165, 1.54) is 0 Å². The van der Waals surface area contributed by atoms with E-state index in [4.69, 9.17) is 27.9 Å². The minimum Gasteiger partial charge on any atom is -0.394 e. The third-order valence-corrected chi connectivity index (χ3v) is 7.79. The summed E-state index contributed by atoms with van der Waals surface area (Å²) in [5, 5.41) is 37.5. The Morgan fingerprint density at radius 2 is 1.95 bits per heavy atom. The molecular weight excluding hydrogens is 548 g/mol. The quantitative estimate of drug-likeness (QED) is 0.267. The minimum absolute atomic E-state index is 0.0200. The van der Waals surface area contributed by atoms with Gasteiger partial charge in [0.25, 0.3) is 0 Å². The number of benzene rings is 2. The number of hydrogen-bond acceptors (Lipinski definition) is 8. The van der Waals surface area contributed by atoms with Crippen LogP contribution in [0.15, 0.2) is 48.8 Å². The van der Waals surface area contributed by atoms with Crippen molar-refractivity contribution in [3.8, 4) is 6.07 Å². The van der Waals surface area contributed by atoms with Crippen molar-refractivity contribution >= 4 is 53.3 Å². The molecule has 1 fully saturated rings. The van der Waals surface area contributed by atoms with E-state index < -0.39 is 11.0 Å². The molecule has 40 heavy (non-hydrogen) atoms. The van der Waals surface area contributed by atoms with Gasteiger partial charge in [-0.15, -0.1) is 5.10 Å². The van der Waals surface area contributed by atoms with Gasteiger partial charge in [-0.1, -0.05) is 67.4 Å². The summed E-state index contributed by atoms with van der Waals surface area (Å²) in [6.07, 6.45) is 3.35. The highest BCUT2D eigenvalue weighted by atomic mass is 35.5. The molecule has 2 aromatic heterocycles. The first-order chi connectivity index (χ1) is 19.0. The fourth-order valence-electron chi connectivity index (χ4n) is 4.74. The Morgan fingerprint density at radius 3 is 2.58 bits per heavy atom. The van der Waals surface area contributed by atoms with Gasteiger partial charge in [0.2, 0.25) is 0 Å². The number of aliphatic hydroxyl groups is 1. The average Bonchev–Trinajstić information content (AvgIpc) is 3.38. The van der Waals surface area contributed by atoms with Crippen molar-refractivity contribution < 1.29 is 9.84 Å². The summed E-state index contributed by atoms with van der Waals surface area (Å²) in [6.45, 7) is 7.58. The van der Waals surface area contributed by atoms with Crippen molar-refractivity contribution in [1.82, 2.24) is 20.0 Å². The first-order valence-corrected chi connectivity index (χ1v) is 13.7. The number of pyridine rings is 1. The second-order valence-electron chi connectivity index (χ2n) is 11.6. The number of anilines is 2. The summed E-state index contributed by atoms with van der Waals surface area (Å²) >= 11 is 13.5. The maximum Gasteiger partial charge on any atom is 0.148 e. The Bertz CT molecular complexity index is 1610. The highest BCUT2D eigenvalue weighted by molar-refractivity contribution is 6.36. The number of nitrogens with zero attached hydrogens (tertiary/aromatic N) is 5. The van der Waals surface area contributed by atoms with Crippen LogP contribution >= 0.6 is 23.2 Å². The van der Waals surface area contributed by atoms with Gasteiger partial charge < -0.3 is 20.5 Å². The number of rotatable bonds is 8. The number of ether oxygens (including phenoxy) is 1. The molecule has 12 heteroatoms. The summed E-state index contributed by atoms with van der Waals surface area (Å²) in [5.74, 6) is 0. The largest absolute Gasteiger partial charge is 0.394 e. The number of nitrogens with one attached hydrogen (secondary N) is 2. The monoisotopic (exact) mass is 577 g/mol. The smallest absolute Gasteiger partial charge is 0.148 e. The zero-order valence-electron chi connectivity index (χ0n) is 22.8. The van der Waals surface area contributed by atoms with E-state index in [-0.39, 0.29) is 12.0 Å². The van der Waals surface area contributed by atoms with Crippen LogP contribution in [0.4, 0.5) is 11.4 Å². The van der Waals surface area contributed by atoms with Gasteiger partial charge in [0.1, 0.15) is 25.1 Å². The number of nitriles is 1. The molecular formula is C28H30BCl2N7O2. The summed E-state index contributed by atoms with van der Waals surface area (Å²) in [5.41, 5.74) is 2.11. The molecule has 0 bridgehead atoms. The van der Waals surface area contributed by atoms with Crippen molar-refractivity contribution in [2.24, 2.45) is 5.41 Å². The lowest BCUT2D eigenvalue weighted by Crippen LogP contribution is -2.54. The molecule has 0 saturated carbocycles. The molecule has 206 valence electrons. The number of halogens is 2. The van der Waals surface area contributed by atoms with Crippen LogP contribution < -0.4 is 10.6 Å². The van der Waals surface area contributed by atoms with Crippen molar-refractivity contribution in [3.05, 3.63) is 75.7 Å². The second-order valence-corrected chi connectivity index (χ2v) is 12.4. The van der Waals surface area contributed by atoms with Crippen molar-refractivity contribution in [3.63, 3.8) is 0 Å². The van der Waals surface area contributed by atoms with Gasteiger partial charge in [-0.05, 0) is 29.2 Å². The number of aromatic nitrogens is 4. The third-order valence-electron chi connectivity index (χ3n) is 7.18. The minimum atomic E-state index is -0.950. The third kappa shape index (κ3) is 5.11. The van der Waals surface area contributed by atoms with E-state index in [0.29, 0.717) is 63.3 Å². The molecule has 9 nitrogen and oxygen atoms in total. The molecule has 1 atom stereocenters. The Labute approximate surface area is 243 Å². The van der Waals surface area contributed by atoms with E-state index in [1.807, 2.05) is 44.4 Å². The molecule has 5 rings (SSSR count). The molecule has 1 unspecified atom stereocenters. The average molecular weight is 578 g/mol. The second kappa shape index (κ2) is 10.6. The van der Waals surface area contributed by atoms with Crippen LogP contribution in [0.2, 0.25) is 10.0 Å². The standard InChI is InChI=1S/C28H30BCl2N7O2/c1-26(2,3)13-34-24-17(10-32)11-33-25-19(24)8-18(9-22(25)31)35-28(29,20-6-4-5-7-21(20)30)23-12-38(37-36-23)27(14-39)15-40-16-27/h4-9,11-12,35,39H,13-16,29H2,1-3H3,(H,33,34). The first kappa shape index (κ1) is 28.2. The van der Waals surface area contributed by atoms with Gasteiger partial charge in [-0.25, -0.2) is 4.68 Å². The van der Waals surface area contributed by atoms with Gasteiger partial charge in [-0.2, -0.15) is 5.26 Å². The number of fused-ring (bicyclic) bond motifs is 1. The summed E-state index contributed by atoms with van der Waals surface area (Å²) in [4.78, 5) is 4.48. The first-order valence-electron chi connectivity index (χ1n) is 12.9. The summed E-state index contributed by atoms with van der Waals surface area (Å²) in [7, 11) is 1.96. The maximum absolute atomic E-state index is 10.0. The molecule has 0 spiro atoms. The van der Waals surface area contributed by atoms with Crippen molar-refractivity contribution in [2.45, 2.75) is 31.7 Å². The highest BCUT2D eigenvalue weighted by Gasteiger charge is 2.43. The highest BCUT2D eigenvalue weighted by Crippen LogP contribution is 2.39. The molecule has 2 aromatic carbocycles. The zero-order chi connectivity index (χ0) is 28.7. The molecule has 3 N–H and O–H groups in total. The fraction of sp³-hybridized carbons (Fsp3) is 0.357. The molecule has 1 aliphatic rings. The topological polar surface area (TPSA) is 121 Å². The normalized spacial score (nSPS) is 16.1. The molecule has 3 heterocycles. The predicted octanol–water partition coefficient (Wildman–Crippen LogP) is 4.13. The van der Waals surface area contributed by atoms with Gasteiger partial charge >= 0.3 is 0 Å². The lowest BCUT2D eigenvalue weighted by molar-refractivity contribution is -0.130. The Balaban J connectivity index is 1.64. The molecule has 1 aliphatic heterocycles. The number of aliphatic hydroxyl groups excluding tert-OH is 1. The van der Waals surface area contributed by atoms with Crippen LogP contribution in [0.1, 0.15) is 37.6 Å². The van der Waals surface area contributed by atoms with Crippen LogP contribution in [0, 0.1) is 16.7 Å². The van der Waals surface area contributed by atoms with E-state index in [1.54, 1.807) is 16.9 Å². The van der Waals surface area contributed by atoms with E-state index in [2.05, 4.69) is 52.8 Å². The Morgan fingerprint density at radius 1 is 1.20 bits per heavy atom. The maximum atomic E-state index is 10.0. The fourth-order valence-corrected chi connectivity index (χ4v) is 5.34. The molecule has 0 radical (unpaired) electrons. The Kier molecular flexibility index (Phi) is 7.44. The molecule has 1 saturated heterocycles. The van der Waals surface area contributed by atoms with Crippen LogP contribution in [0.25, 0.3) is 10.9 Å². The zero-order valence-corrected chi connectivity index (χ0v) is 24.3. The van der Waals surface area contributed by atoms with Crippen molar-refractivity contribution in [2.75, 3.05) is 37.0 Å². The summed E-state index contributed by atoms with van der Waals surface area (Å²) in [6, 6.07) is 13.5. The van der Waals surface area contributed by atoms with Crippen molar-refractivity contribution in [1.29, 1.82) is 5.26 Å². The predicted molar refractivity (Wildman–Crippen MR) is 160 cm³/mol. The van der Waals surface area contributed by atoms with Gasteiger partial charge in [-0.3, -0.25) is 4.98 Å². The number of hydrogen-bond donors (Lipinski definition) is 3. The van der Waals surface area contributed by atoms with Gasteiger partial charge in [0.05, 0.1) is 53.2 Å². The molecule has 4 aromatic rings. The van der Waals surface area contributed by atoms with Crippen LogP contribution in [-0.4, -0.2) is 59.3 Å². The van der Waals surface area contributed by atoms with Crippen LogP contribution in [-0.2, 0) is 15.7 Å². The Hall–Kier alpha value is -3.36. The lowest BCUT2D eigenvalue weighted by atomic mass is 9.69. The van der Waals surface area contributed by atoms with E-state index in [9.17, 15) is 10.4 Å². The van der Waals surface area contributed by atoms with Crippen LogP contribution in [0.3, 0.4) is 0 Å². The van der Waals surface area contributed by atoms with Gasteiger partial charge in [0, 0.05) is 28.8 Å². The SMILES string of the molecule is BC(Nc1cc(Cl)c2ncc(C#N)c(NCC(C)(C)C)c2c1)(c1cn(C2(CO)COC2)nn1)c1ccccc1Cl. The van der Waals surface area contributed by atoms with Crippen LogP contribution in [0.5, 0.6) is 0 Å². The lowest BCUT2D eigenvalue weighted by Gasteiger charge is -2.39. The van der Waals surface area contributed by atoms with E-state index in [0.717, 1.165) is 5.56 Å². The molecule has 0 aliphatic carbocycles. The molecule has 0 amide bonds. The summed E-state index contributed by atoms with van der Waals surface area (Å²) < 4.78 is 7.03. The van der Waals surface area contributed by atoms with Gasteiger partial charge in [0.15, 0.2) is 0 Å².